The summed E-state index contributed by atoms with van der Waals surface area (Å²) in [5, 5.41) is 0. The largest absolute Gasteiger partial charge is 0.448 e. The summed E-state index contributed by atoms with van der Waals surface area (Å²) in [6.45, 7) is 6.28. The van der Waals surface area contributed by atoms with Crippen LogP contribution in [-0.2, 0) is 4.74 Å². The molecule has 0 bridgehead atoms. The number of nitrogens with one attached hydrogen (secondary N) is 1. The van der Waals surface area contributed by atoms with E-state index in [2.05, 4.69) is 4.74 Å². The van der Waals surface area contributed by atoms with Crippen molar-refractivity contribution in [3.8, 4) is 0 Å². The number of carbonyl (C=O) groups is 1. The highest BCUT2D eigenvalue weighted by atomic mass is 35.5. The van der Waals surface area contributed by atoms with Crippen molar-refractivity contribution < 1.29 is 9.53 Å². The van der Waals surface area contributed by atoms with E-state index in [0.29, 0.717) is 6.61 Å². The number of halogens is 1. The molecule has 11 heavy (non-hydrogen) atoms. The van der Waals surface area contributed by atoms with E-state index in [-0.39, 0.29) is 17.8 Å². The van der Waals surface area contributed by atoms with Gasteiger partial charge in [0.25, 0.3) is 0 Å². The molecule has 0 fully saturated rings. The Hall–Kier alpha value is -0.480. The normalized spacial score (nSPS) is 9.82. The van der Waals surface area contributed by atoms with Gasteiger partial charge in [-0.2, -0.15) is 0 Å². The number of carbonyl (C=O) groups excluding carboxylic acids is 1. The Bertz CT molecular complexity index is 122. The minimum atomic E-state index is -0.588. The summed E-state index contributed by atoms with van der Waals surface area (Å²) in [6.07, 6.45) is -0.588. The van der Waals surface area contributed by atoms with Crippen LogP contribution in [0.5, 0.6) is 0 Å². The molecule has 0 heterocycles. The fourth-order valence-electron chi connectivity index (χ4n) is 0.324. The SMILES string of the molecule is CC(C)(C)COC(=O)NN.Cl. The van der Waals surface area contributed by atoms with Crippen LogP contribution in [0, 0.1) is 5.41 Å². The lowest BCUT2D eigenvalue weighted by molar-refractivity contribution is 0.106. The first-order valence-electron chi connectivity index (χ1n) is 3.09. The molecule has 0 saturated heterocycles. The number of rotatable bonds is 1. The Morgan fingerprint density at radius 3 is 2.27 bits per heavy atom. The third-order valence-electron chi connectivity index (χ3n) is 0.754. The fourth-order valence-corrected chi connectivity index (χ4v) is 0.324. The number of nitrogens with two attached hydrogens (primary N) is 1. The van der Waals surface area contributed by atoms with Gasteiger partial charge in [-0.25, -0.2) is 10.6 Å². The Morgan fingerprint density at radius 2 is 2.00 bits per heavy atom. The van der Waals surface area contributed by atoms with Gasteiger partial charge in [-0.3, -0.25) is 5.43 Å². The molecule has 0 unspecified atom stereocenters. The first kappa shape index (κ1) is 13.1. The molecular weight excluding hydrogens is 168 g/mol. The van der Waals surface area contributed by atoms with Crippen LogP contribution in [0.15, 0.2) is 0 Å². The summed E-state index contributed by atoms with van der Waals surface area (Å²) in [5.41, 5.74) is 1.87. The summed E-state index contributed by atoms with van der Waals surface area (Å²) < 4.78 is 4.68. The maximum atomic E-state index is 10.4. The van der Waals surface area contributed by atoms with Crippen LogP contribution in [0.4, 0.5) is 4.79 Å². The van der Waals surface area contributed by atoms with E-state index in [1.54, 1.807) is 0 Å². The van der Waals surface area contributed by atoms with Crippen LogP contribution in [0.3, 0.4) is 0 Å². The van der Waals surface area contributed by atoms with Crippen molar-refractivity contribution in [1.82, 2.24) is 5.43 Å². The highest BCUT2D eigenvalue weighted by molar-refractivity contribution is 5.85. The third kappa shape index (κ3) is 9.52. The Labute approximate surface area is 72.9 Å². The standard InChI is InChI=1S/C6H14N2O2.ClH/c1-6(2,3)4-10-5(9)8-7;/h4,7H2,1-3H3,(H,8,9);1H. The van der Waals surface area contributed by atoms with Gasteiger partial charge >= 0.3 is 6.09 Å². The molecule has 3 N–H and O–H groups in total. The fraction of sp³-hybridized carbons (Fsp3) is 0.833. The van der Waals surface area contributed by atoms with Gasteiger partial charge in [-0.05, 0) is 5.41 Å². The number of hydrogen-bond donors (Lipinski definition) is 2. The molecule has 0 rings (SSSR count). The van der Waals surface area contributed by atoms with Crippen molar-refractivity contribution in [2.45, 2.75) is 20.8 Å². The topological polar surface area (TPSA) is 64.3 Å². The molecule has 0 atom stereocenters. The highest BCUT2D eigenvalue weighted by Gasteiger charge is 2.12. The second-order valence-electron chi connectivity index (χ2n) is 3.28. The first-order valence-corrected chi connectivity index (χ1v) is 3.09. The van der Waals surface area contributed by atoms with E-state index >= 15 is 0 Å². The van der Waals surface area contributed by atoms with E-state index in [1.807, 2.05) is 26.2 Å². The average molecular weight is 183 g/mol. The van der Waals surface area contributed by atoms with Crippen molar-refractivity contribution in [2.75, 3.05) is 6.61 Å². The Kier molecular flexibility index (Phi) is 6.22. The molecule has 0 aliphatic rings. The van der Waals surface area contributed by atoms with Crippen molar-refractivity contribution in [3.63, 3.8) is 0 Å². The van der Waals surface area contributed by atoms with Gasteiger partial charge in [0.05, 0.1) is 6.61 Å². The maximum Gasteiger partial charge on any atom is 0.421 e. The van der Waals surface area contributed by atoms with Gasteiger partial charge < -0.3 is 4.74 Å². The predicted octanol–water partition coefficient (Wildman–Crippen LogP) is 1.05. The molecule has 5 heteroatoms. The molecule has 0 aromatic carbocycles. The van der Waals surface area contributed by atoms with Gasteiger partial charge in [0.15, 0.2) is 0 Å². The van der Waals surface area contributed by atoms with E-state index in [0.717, 1.165) is 0 Å². The summed E-state index contributed by atoms with van der Waals surface area (Å²) in [5.74, 6) is 4.78. The summed E-state index contributed by atoms with van der Waals surface area (Å²) >= 11 is 0. The maximum absolute atomic E-state index is 10.4. The molecule has 4 nitrogen and oxygen atoms in total. The predicted molar refractivity (Wildman–Crippen MR) is 45.4 cm³/mol. The zero-order valence-corrected chi connectivity index (χ0v) is 7.83. The van der Waals surface area contributed by atoms with E-state index < -0.39 is 6.09 Å². The van der Waals surface area contributed by atoms with Gasteiger partial charge in [0.1, 0.15) is 0 Å². The van der Waals surface area contributed by atoms with Crippen molar-refractivity contribution in [1.29, 1.82) is 0 Å². The molecule has 68 valence electrons. The molecule has 0 aliphatic carbocycles. The van der Waals surface area contributed by atoms with Crippen molar-refractivity contribution >= 4 is 18.5 Å². The van der Waals surface area contributed by atoms with Crippen LogP contribution >= 0.6 is 12.4 Å². The molecular formula is C6H15ClN2O2. The zero-order chi connectivity index (χ0) is 8.20. The van der Waals surface area contributed by atoms with Crippen molar-refractivity contribution in [2.24, 2.45) is 11.3 Å². The average Bonchev–Trinajstić information content (AvgIpc) is 1.81. The lowest BCUT2D eigenvalue weighted by atomic mass is 9.99. The van der Waals surface area contributed by atoms with Crippen LogP contribution < -0.4 is 11.3 Å². The number of amides is 1. The third-order valence-corrected chi connectivity index (χ3v) is 0.754. The first-order chi connectivity index (χ1) is 4.45. The molecule has 0 aromatic heterocycles. The van der Waals surface area contributed by atoms with Crippen LogP contribution in [0.2, 0.25) is 0 Å². The zero-order valence-electron chi connectivity index (χ0n) is 7.01. The molecule has 1 amide bonds. The Morgan fingerprint density at radius 1 is 1.55 bits per heavy atom. The quantitative estimate of drug-likeness (QED) is 0.362. The highest BCUT2D eigenvalue weighted by Crippen LogP contribution is 2.12. The lowest BCUT2D eigenvalue weighted by Gasteiger charge is -2.16. The van der Waals surface area contributed by atoms with Gasteiger partial charge in [0.2, 0.25) is 0 Å². The number of hydrogen-bond acceptors (Lipinski definition) is 3. The van der Waals surface area contributed by atoms with Gasteiger partial charge in [-0.15, -0.1) is 12.4 Å². The molecule has 0 saturated carbocycles. The van der Waals surface area contributed by atoms with Crippen LogP contribution in [0.25, 0.3) is 0 Å². The molecule has 0 radical (unpaired) electrons. The van der Waals surface area contributed by atoms with Crippen LogP contribution in [-0.4, -0.2) is 12.7 Å². The molecule has 0 aliphatic heterocycles. The minimum Gasteiger partial charge on any atom is -0.448 e. The summed E-state index contributed by atoms with van der Waals surface area (Å²) in [4.78, 5) is 10.4. The summed E-state index contributed by atoms with van der Waals surface area (Å²) in [7, 11) is 0. The number of ether oxygens (including phenoxy) is 1. The van der Waals surface area contributed by atoms with E-state index in [1.165, 1.54) is 0 Å². The molecule has 0 aromatic rings. The minimum absolute atomic E-state index is 0. The smallest absolute Gasteiger partial charge is 0.421 e. The second kappa shape index (κ2) is 5.21. The Balaban J connectivity index is 0. The van der Waals surface area contributed by atoms with Crippen LogP contribution in [0.1, 0.15) is 20.8 Å². The summed E-state index contributed by atoms with van der Waals surface area (Å²) in [6, 6.07) is 0. The van der Waals surface area contributed by atoms with Crippen molar-refractivity contribution in [3.05, 3.63) is 0 Å². The lowest BCUT2D eigenvalue weighted by Crippen LogP contribution is -2.32. The van der Waals surface area contributed by atoms with Gasteiger partial charge in [0, 0.05) is 0 Å². The molecule has 0 spiro atoms. The van der Waals surface area contributed by atoms with Gasteiger partial charge in [-0.1, -0.05) is 20.8 Å². The number of hydrazine groups is 1. The monoisotopic (exact) mass is 182 g/mol. The van der Waals surface area contributed by atoms with E-state index in [9.17, 15) is 4.79 Å². The van der Waals surface area contributed by atoms with E-state index in [4.69, 9.17) is 5.84 Å². The second-order valence-corrected chi connectivity index (χ2v) is 3.28.